The quantitative estimate of drug-likeness (QED) is 0.743. The Morgan fingerprint density at radius 3 is 2.76 bits per heavy atom. The molecule has 2 aliphatic carbocycles. The summed E-state index contributed by atoms with van der Waals surface area (Å²) in [5.74, 6) is 1.68. The summed E-state index contributed by atoms with van der Waals surface area (Å²) in [7, 11) is 0. The van der Waals surface area contributed by atoms with Gasteiger partial charge in [0.2, 0.25) is 5.91 Å². The monoisotopic (exact) mass is 376 g/mol. The molecule has 4 rings (SSSR count). The van der Waals surface area contributed by atoms with Crippen molar-refractivity contribution in [1.82, 2.24) is 20.1 Å². The van der Waals surface area contributed by atoms with E-state index in [4.69, 9.17) is 11.6 Å². The zero-order chi connectivity index (χ0) is 17.4. The topological polar surface area (TPSA) is 59.8 Å². The number of hydrogen-bond acceptors (Lipinski definition) is 4. The first-order chi connectivity index (χ1) is 12.1. The van der Waals surface area contributed by atoms with Crippen molar-refractivity contribution in [3.8, 4) is 0 Å². The van der Waals surface area contributed by atoms with Crippen LogP contribution in [0.2, 0.25) is 5.02 Å². The lowest BCUT2D eigenvalue weighted by molar-refractivity contribution is -0.120. The molecule has 1 aromatic carbocycles. The van der Waals surface area contributed by atoms with Gasteiger partial charge in [0, 0.05) is 23.5 Å². The van der Waals surface area contributed by atoms with Gasteiger partial charge < -0.3 is 9.88 Å². The molecule has 1 amide bonds. The summed E-state index contributed by atoms with van der Waals surface area (Å²) in [5, 5.41) is 13.1. The maximum absolute atomic E-state index is 12.4. The fraction of sp³-hybridized carbons (Fsp3) is 0.500. The number of nitrogens with one attached hydrogen (secondary N) is 1. The zero-order valence-electron chi connectivity index (χ0n) is 14.1. The van der Waals surface area contributed by atoms with Crippen molar-refractivity contribution in [2.45, 2.75) is 61.5 Å². The summed E-state index contributed by atoms with van der Waals surface area (Å²) in [6.45, 7) is 2.35. The minimum absolute atomic E-state index is 0.0109. The van der Waals surface area contributed by atoms with Crippen LogP contribution in [-0.2, 0) is 11.3 Å². The summed E-state index contributed by atoms with van der Waals surface area (Å²) < 4.78 is 2.28. The second-order valence-electron chi connectivity index (χ2n) is 6.79. The van der Waals surface area contributed by atoms with Crippen LogP contribution in [0, 0.1) is 0 Å². The Balaban J connectivity index is 1.39. The van der Waals surface area contributed by atoms with Crippen molar-refractivity contribution in [2.75, 3.05) is 0 Å². The number of halogens is 1. The van der Waals surface area contributed by atoms with Crippen molar-refractivity contribution >= 4 is 29.3 Å². The highest BCUT2D eigenvalue weighted by Crippen LogP contribution is 2.46. The molecule has 2 aliphatic rings. The number of nitrogens with zero attached hydrogens (tertiary/aromatic N) is 3. The van der Waals surface area contributed by atoms with Gasteiger partial charge in [-0.05, 0) is 44.2 Å². The van der Waals surface area contributed by atoms with E-state index in [2.05, 4.69) is 20.1 Å². The van der Waals surface area contributed by atoms with Crippen molar-refractivity contribution in [3.63, 3.8) is 0 Å². The van der Waals surface area contributed by atoms with Crippen LogP contribution in [0.25, 0.3) is 0 Å². The molecule has 2 saturated carbocycles. The van der Waals surface area contributed by atoms with Crippen LogP contribution < -0.4 is 5.32 Å². The number of benzene rings is 1. The molecule has 0 saturated heterocycles. The fourth-order valence-electron chi connectivity index (χ4n) is 2.84. The van der Waals surface area contributed by atoms with Gasteiger partial charge in [-0.3, -0.25) is 4.79 Å². The number of thioether (sulfide) groups is 1. The first-order valence-corrected chi connectivity index (χ1v) is 10.0. The molecule has 2 aromatic rings. The molecule has 0 bridgehead atoms. The van der Waals surface area contributed by atoms with Crippen LogP contribution in [0.15, 0.2) is 29.4 Å². The third-order valence-electron chi connectivity index (χ3n) is 4.61. The van der Waals surface area contributed by atoms with Crippen LogP contribution >= 0.6 is 23.4 Å². The van der Waals surface area contributed by atoms with Gasteiger partial charge in [0.15, 0.2) is 5.16 Å². The average molecular weight is 377 g/mol. The number of carbonyl (C=O) groups excluding carboxylic acids is 1. The standard InChI is InChI=1S/C18H21ClN4OS/c1-11(17(24)20-10-13-4-2-3-5-15(13)19)25-18-22-21-16(12-6-7-12)23(18)14-8-9-14/h2-5,11-12,14H,6-10H2,1H3,(H,20,24)/t11-/m0/s1. The number of amides is 1. The third kappa shape index (κ3) is 3.85. The van der Waals surface area contributed by atoms with Gasteiger partial charge in [0.1, 0.15) is 5.82 Å². The van der Waals surface area contributed by atoms with Gasteiger partial charge in [-0.25, -0.2) is 0 Å². The van der Waals surface area contributed by atoms with E-state index in [1.165, 1.54) is 37.4 Å². The summed E-state index contributed by atoms with van der Waals surface area (Å²) in [4.78, 5) is 12.4. The minimum Gasteiger partial charge on any atom is -0.351 e. The normalized spacial score (nSPS) is 18.2. The molecule has 1 heterocycles. The van der Waals surface area contributed by atoms with Gasteiger partial charge in [0.25, 0.3) is 0 Å². The van der Waals surface area contributed by atoms with E-state index in [0.29, 0.717) is 23.5 Å². The van der Waals surface area contributed by atoms with Crippen molar-refractivity contribution < 1.29 is 4.79 Å². The molecule has 0 aliphatic heterocycles. The van der Waals surface area contributed by atoms with Crippen LogP contribution in [0.4, 0.5) is 0 Å². The fourth-order valence-corrected chi connectivity index (χ4v) is 4.00. The molecular weight excluding hydrogens is 356 g/mol. The van der Waals surface area contributed by atoms with E-state index in [1.807, 2.05) is 31.2 Å². The molecule has 5 nitrogen and oxygen atoms in total. The van der Waals surface area contributed by atoms with Gasteiger partial charge in [-0.15, -0.1) is 10.2 Å². The Morgan fingerprint density at radius 2 is 2.08 bits per heavy atom. The number of rotatable bonds is 7. The van der Waals surface area contributed by atoms with Gasteiger partial charge in [-0.2, -0.15) is 0 Å². The summed E-state index contributed by atoms with van der Waals surface area (Å²) in [5.41, 5.74) is 0.923. The maximum Gasteiger partial charge on any atom is 0.233 e. The molecule has 0 unspecified atom stereocenters. The van der Waals surface area contributed by atoms with E-state index in [1.54, 1.807) is 0 Å². The smallest absolute Gasteiger partial charge is 0.233 e. The van der Waals surface area contributed by atoms with Gasteiger partial charge >= 0.3 is 0 Å². The molecular formula is C18H21ClN4OS. The van der Waals surface area contributed by atoms with Gasteiger partial charge in [0.05, 0.1) is 5.25 Å². The molecule has 0 radical (unpaired) electrons. The highest BCUT2D eigenvalue weighted by atomic mass is 35.5. The van der Waals surface area contributed by atoms with E-state index >= 15 is 0 Å². The number of hydrogen-bond donors (Lipinski definition) is 1. The van der Waals surface area contributed by atoms with E-state index < -0.39 is 0 Å². The second-order valence-corrected chi connectivity index (χ2v) is 8.50. The van der Waals surface area contributed by atoms with Crippen LogP contribution in [0.3, 0.4) is 0 Å². The Kier molecular flexibility index (Phi) is 4.73. The summed E-state index contributed by atoms with van der Waals surface area (Å²) in [6.07, 6.45) is 4.81. The molecule has 132 valence electrons. The molecule has 1 aromatic heterocycles. The highest BCUT2D eigenvalue weighted by molar-refractivity contribution is 8.00. The Labute approximate surface area is 156 Å². The maximum atomic E-state index is 12.4. The zero-order valence-corrected chi connectivity index (χ0v) is 15.7. The predicted octanol–water partition coefficient (Wildman–Crippen LogP) is 3.94. The lowest BCUT2D eigenvalue weighted by atomic mass is 10.2. The molecule has 7 heteroatoms. The third-order valence-corrected chi connectivity index (χ3v) is 6.03. The van der Waals surface area contributed by atoms with Crippen molar-refractivity contribution in [1.29, 1.82) is 0 Å². The Hall–Kier alpha value is -1.53. The summed E-state index contributed by atoms with van der Waals surface area (Å²) >= 11 is 7.64. The van der Waals surface area contributed by atoms with E-state index in [-0.39, 0.29) is 11.2 Å². The SMILES string of the molecule is C[C@H](Sc1nnc(C2CC2)n1C1CC1)C(=O)NCc1ccccc1Cl. The van der Waals surface area contributed by atoms with E-state index in [0.717, 1.165) is 16.5 Å². The summed E-state index contributed by atoms with van der Waals surface area (Å²) in [6, 6.07) is 8.09. The molecule has 1 atom stereocenters. The molecule has 2 fully saturated rings. The molecule has 1 N–H and O–H groups in total. The lowest BCUT2D eigenvalue weighted by Crippen LogP contribution is -2.30. The predicted molar refractivity (Wildman–Crippen MR) is 98.9 cm³/mol. The lowest BCUT2D eigenvalue weighted by Gasteiger charge is -2.13. The number of aromatic nitrogens is 3. The van der Waals surface area contributed by atoms with Gasteiger partial charge in [-0.1, -0.05) is 41.6 Å². The van der Waals surface area contributed by atoms with Crippen LogP contribution in [-0.4, -0.2) is 25.9 Å². The van der Waals surface area contributed by atoms with Crippen molar-refractivity contribution in [2.24, 2.45) is 0 Å². The highest BCUT2D eigenvalue weighted by Gasteiger charge is 2.37. The second kappa shape index (κ2) is 7.00. The first kappa shape index (κ1) is 16.9. The molecule has 25 heavy (non-hydrogen) atoms. The van der Waals surface area contributed by atoms with Crippen molar-refractivity contribution in [3.05, 3.63) is 40.7 Å². The first-order valence-electron chi connectivity index (χ1n) is 8.76. The average Bonchev–Trinajstić information content (AvgIpc) is 3.53. The number of carbonyl (C=O) groups is 1. The minimum atomic E-state index is -0.226. The van der Waals surface area contributed by atoms with Crippen LogP contribution in [0.5, 0.6) is 0 Å². The molecule has 0 spiro atoms. The largest absolute Gasteiger partial charge is 0.351 e. The van der Waals surface area contributed by atoms with E-state index in [9.17, 15) is 4.79 Å². The van der Waals surface area contributed by atoms with Crippen LogP contribution in [0.1, 0.15) is 56.0 Å². The Bertz CT molecular complexity index is 785. The Morgan fingerprint density at radius 1 is 1.32 bits per heavy atom.